The van der Waals surface area contributed by atoms with Gasteiger partial charge in [-0.2, -0.15) is 0 Å². The SMILES string of the molecule is CC1CN(CC(=O)N2CC(C)c3ncc(C(O)c4ccc(F)cc4)cc32)C(CN2C(C)COCC2C)CN1. The Labute approximate surface area is 224 Å². The van der Waals surface area contributed by atoms with E-state index in [0.29, 0.717) is 42.3 Å². The van der Waals surface area contributed by atoms with Gasteiger partial charge in [0.1, 0.15) is 11.9 Å². The van der Waals surface area contributed by atoms with Crippen LogP contribution in [-0.2, 0) is 9.53 Å². The monoisotopic (exact) mass is 525 g/mol. The van der Waals surface area contributed by atoms with Gasteiger partial charge in [0.2, 0.25) is 5.91 Å². The van der Waals surface area contributed by atoms with Crippen LogP contribution in [-0.4, -0.2) is 95.9 Å². The first kappa shape index (κ1) is 27.1. The third-order valence-corrected chi connectivity index (χ3v) is 8.27. The van der Waals surface area contributed by atoms with Crippen LogP contribution in [0.5, 0.6) is 0 Å². The number of carbonyl (C=O) groups excluding carboxylic acids is 1. The van der Waals surface area contributed by atoms with Gasteiger partial charge in [0, 0.05) is 68.0 Å². The predicted octanol–water partition coefficient (Wildman–Crippen LogP) is 2.52. The van der Waals surface area contributed by atoms with Gasteiger partial charge in [0.25, 0.3) is 0 Å². The maximum atomic E-state index is 13.8. The van der Waals surface area contributed by atoms with Crippen molar-refractivity contribution in [3.63, 3.8) is 0 Å². The summed E-state index contributed by atoms with van der Waals surface area (Å²) in [5.41, 5.74) is 2.80. The zero-order chi connectivity index (χ0) is 27.0. The molecule has 0 aliphatic carbocycles. The molecule has 2 N–H and O–H groups in total. The topological polar surface area (TPSA) is 81.2 Å². The first-order chi connectivity index (χ1) is 18.2. The van der Waals surface area contributed by atoms with E-state index in [-0.39, 0.29) is 23.7 Å². The second-order valence-electron chi connectivity index (χ2n) is 11.4. The van der Waals surface area contributed by atoms with Crippen molar-refractivity contribution in [2.75, 3.05) is 50.8 Å². The van der Waals surface area contributed by atoms with Gasteiger partial charge >= 0.3 is 0 Å². The van der Waals surface area contributed by atoms with E-state index in [0.717, 1.165) is 44.2 Å². The fourth-order valence-electron chi connectivity index (χ4n) is 6.06. The van der Waals surface area contributed by atoms with Gasteiger partial charge in [-0.05, 0) is 44.5 Å². The van der Waals surface area contributed by atoms with Crippen molar-refractivity contribution >= 4 is 11.6 Å². The molecular formula is C29H40FN5O3. The number of aromatic nitrogens is 1. The summed E-state index contributed by atoms with van der Waals surface area (Å²) in [4.78, 5) is 25.1. The Balaban J connectivity index is 1.33. The molecule has 3 aliphatic heterocycles. The number of fused-ring (bicyclic) bond motifs is 1. The summed E-state index contributed by atoms with van der Waals surface area (Å²) in [5.74, 6) is -0.191. The van der Waals surface area contributed by atoms with Gasteiger partial charge in [0.15, 0.2) is 0 Å². The van der Waals surface area contributed by atoms with Crippen LogP contribution in [0.3, 0.4) is 0 Å². The van der Waals surface area contributed by atoms with Crippen molar-refractivity contribution in [1.29, 1.82) is 0 Å². The minimum Gasteiger partial charge on any atom is -0.384 e. The van der Waals surface area contributed by atoms with Crippen LogP contribution in [0.1, 0.15) is 56.5 Å². The molecule has 9 heteroatoms. The van der Waals surface area contributed by atoms with E-state index in [1.807, 2.05) is 11.0 Å². The lowest BCUT2D eigenvalue weighted by molar-refractivity contribution is -0.121. The zero-order valence-corrected chi connectivity index (χ0v) is 22.8. The number of morpholine rings is 1. The highest BCUT2D eigenvalue weighted by Gasteiger charge is 2.37. The number of aliphatic hydroxyl groups is 1. The number of hydrogen-bond donors (Lipinski definition) is 2. The Bertz CT molecular complexity index is 1120. The highest BCUT2D eigenvalue weighted by Crippen LogP contribution is 2.37. The number of rotatable bonds is 6. The molecule has 38 heavy (non-hydrogen) atoms. The molecule has 2 fully saturated rings. The molecule has 2 saturated heterocycles. The third kappa shape index (κ3) is 5.62. The van der Waals surface area contributed by atoms with Crippen molar-refractivity contribution in [3.05, 3.63) is 59.2 Å². The molecule has 2 aromatic rings. The molecule has 1 aromatic carbocycles. The highest BCUT2D eigenvalue weighted by atomic mass is 19.1. The number of piperazine rings is 1. The van der Waals surface area contributed by atoms with Gasteiger partial charge in [-0.15, -0.1) is 0 Å². The largest absolute Gasteiger partial charge is 0.384 e. The number of nitrogens with zero attached hydrogens (tertiary/aromatic N) is 4. The normalized spacial score (nSPS) is 29.3. The van der Waals surface area contributed by atoms with Crippen molar-refractivity contribution in [2.24, 2.45) is 0 Å². The summed E-state index contributed by atoms with van der Waals surface area (Å²) in [7, 11) is 0. The maximum absolute atomic E-state index is 13.8. The van der Waals surface area contributed by atoms with E-state index < -0.39 is 6.10 Å². The summed E-state index contributed by atoms with van der Waals surface area (Å²) in [6.45, 7) is 13.6. The molecule has 0 bridgehead atoms. The van der Waals surface area contributed by atoms with Gasteiger partial charge < -0.3 is 20.1 Å². The number of aliphatic hydroxyl groups excluding tert-OH is 1. The molecule has 206 valence electrons. The Morgan fingerprint density at radius 2 is 1.84 bits per heavy atom. The lowest BCUT2D eigenvalue weighted by Gasteiger charge is -2.46. The summed E-state index contributed by atoms with van der Waals surface area (Å²) in [6.07, 6.45) is 0.716. The molecule has 8 nitrogen and oxygen atoms in total. The molecule has 1 amide bonds. The number of hydrogen-bond acceptors (Lipinski definition) is 7. The molecular weight excluding hydrogens is 485 g/mol. The Kier molecular flexibility index (Phi) is 8.11. The van der Waals surface area contributed by atoms with Crippen LogP contribution in [0.4, 0.5) is 10.1 Å². The van der Waals surface area contributed by atoms with Gasteiger partial charge in [-0.1, -0.05) is 19.1 Å². The highest BCUT2D eigenvalue weighted by molar-refractivity contribution is 5.97. The van der Waals surface area contributed by atoms with Crippen molar-refractivity contribution in [2.45, 2.75) is 63.9 Å². The molecule has 0 radical (unpaired) electrons. The lowest BCUT2D eigenvalue weighted by atomic mass is 10.0. The van der Waals surface area contributed by atoms with Crippen LogP contribution in [0.25, 0.3) is 0 Å². The minimum atomic E-state index is -0.947. The smallest absolute Gasteiger partial charge is 0.241 e. The molecule has 5 rings (SSSR count). The first-order valence-corrected chi connectivity index (χ1v) is 13.8. The standard InChI is InChI=1S/C29H40FN5O3/c1-18-12-35(26-9-23(10-32-28(18)26)29(37)22-5-7-24(30)8-6-22)27(36)15-33-13-19(2)31-11-25(33)14-34-20(3)16-38-17-21(34)4/h5-10,18-21,25,29,31,37H,11-17H2,1-4H3. The van der Waals surface area contributed by atoms with E-state index in [1.165, 1.54) is 12.1 Å². The van der Waals surface area contributed by atoms with E-state index in [4.69, 9.17) is 4.74 Å². The second-order valence-corrected chi connectivity index (χ2v) is 11.4. The summed E-state index contributed by atoms with van der Waals surface area (Å²) in [5, 5.41) is 14.5. The van der Waals surface area contributed by atoms with Crippen molar-refractivity contribution in [3.8, 4) is 0 Å². The average Bonchev–Trinajstić information content (AvgIpc) is 3.23. The Hall–Kier alpha value is -2.43. The summed E-state index contributed by atoms with van der Waals surface area (Å²) < 4.78 is 19.1. The van der Waals surface area contributed by atoms with Crippen molar-refractivity contribution < 1.29 is 19.0 Å². The Morgan fingerprint density at radius 1 is 1.13 bits per heavy atom. The number of carbonyl (C=O) groups is 1. The van der Waals surface area contributed by atoms with Gasteiger partial charge in [-0.3, -0.25) is 19.6 Å². The summed E-state index contributed by atoms with van der Waals surface area (Å²) >= 11 is 0. The quantitative estimate of drug-likeness (QED) is 0.600. The zero-order valence-electron chi connectivity index (χ0n) is 22.8. The van der Waals surface area contributed by atoms with Crippen LogP contribution in [0, 0.1) is 5.82 Å². The maximum Gasteiger partial charge on any atom is 0.241 e. The number of nitrogens with one attached hydrogen (secondary N) is 1. The fourth-order valence-corrected chi connectivity index (χ4v) is 6.06. The van der Waals surface area contributed by atoms with Crippen LogP contribution in [0.2, 0.25) is 0 Å². The van der Waals surface area contributed by atoms with E-state index >= 15 is 0 Å². The number of amides is 1. The number of halogens is 1. The Morgan fingerprint density at radius 3 is 2.55 bits per heavy atom. The lowest BCUT2D eigenvalue weighted by Crippen LogP contribution is -2.63. The summed E-state index contributed by atoms with van der Waals surface area (Å²) in [6, 6.07) is 8.90. The number of benzene rings is 1. The van der Waals surface area contributed by atoms with Gasteiger partial charge in [0.05, 0.1) is 31.1 Å². The first-order valence-electron chi connectivity index (χ1n) is 13.8. The number of ether oxygens (including phenoxy) is 1. The van der Waals surface area contributed by atoms with Crippen LogP contribution >= 0.6 is 0 Å². The molecule has 1 aromatic heterocycles. The number of anilines is 1. The molecule has 3 aliphatic rings. The predicted molar refractivity (Wildman–Crippen MR) is 145 cm³/mol. The van der Waals surface area contributed by atoms with E-state index in [9.17, 15) is 14.3 Å². The second kappa shape index (κ2) is 11.4. The molecule has 4 heterocycles. The molecule has 6 unspecified atom stereocenters. The molecule has 0 spiro atoms. The molecule has 0 saturated carbocycles. The molecule has 6 atom stereocenters. The third-order valence-electron chi connectivity index (χ3n) is 8.27. The van der Waals surface area contributed by atoms with Crippen LogP contribution in [0.15, 0.2) is 36.5 Å². The average molecular weight is 526 g/mol. The van der Waals surface area contributed by atoms with Crippen LogP contribution < -0.4 is 10.2 Å². The van der Waals surface area contributed by atoms with Crippen molar-refractivity contribution in [1.82, 2.24) is 20.1 Å². The fraction of sp³-hybridized carbons (Fsp3) is 0.586. The van der Waals surface area contributed by atoms with E-state index in [2.05, 4.69) is 47.8 Å². The van der Waals surface area contributed by atoms with E-state index in [1.54, 1.807) is 18.3 Å². The number of pyridine rings is 1. The minimum absolute atomic E-state index is 0.0491. The van der Waals surface area contributed by atoms with Gasteiger partial charge in [-0.25, -0.2) is 4.39 Å².